The van der Waals surface area contributed by atoms with Crippen LogP contribution in [0.25, 0.3) is 22.7 Å². The van der Waals surface area contributed by atoms with Crippen molar-refractivity contribution in [3.05, 3.63) is 65.0 Å². The maximum Gasteiger partial charge on any atom is 0.124 e. The lowest BCUT2D eigenvalue weighted by molar-refractivity contribution is 1.31. The monoisotopic (exact) mass is 283 g/mol. The van der Waals surface area contributed by atoms with Crippen LogP contribution in [-0.2, 0) is 0 Å². The Labute approximate surface area is 125 Å². The number of benzene rings is 1. The van der Waals surface area contributed by atoms with Crippen LogP contribution >= 0.6 is 11.3 Å². The Morgan fingerprint density at radius 1 is 1.10 bits per heavy atom. The van der Waals surface area contributed by atoms with Gasteiger partial charge in [0, 0.05) is 5.56 Å². The van der Waals surface area contributed by atoms with Crippen molar-refractivity contribution >= 4 is 23.5 Å². The third kappa shape index (κ3) is 4.04. The molecular weight excluding hydrogens is 262 g/mol. The average Bonchev–Trinajstić information content (AvgIpc) is 2.85. The minimum Gasteiger partial charge on any atom is -0.236 e. The van der Waals surface area contributed by atoms with Gasteiger partial charge in [0.2, 0.25) is 0 Å². The summed E-state index contributed by atoms with van der Waals surface area (Å²) >= 11 is 1.67. The van der Waals surface area contributed by atoms with Gasteiger partial charge < -0.3 is 0 Å². The lowest BCUT2D eigenvalue weighted by Crippen LogP contribution is -2.19. The predicted molar refractivity (Wildman–Crippen MR) is 92.2 cm³/mol. The Kier molecular flexibility index (Phi) is 6.68. The molecule has 0 aliphatic carbocycles. The molecule has 0 aliphatic rings. The van der Waals surface area contributed by atoms with E-state index in [2.05, 4.69) is 49.3 Å². The van der Waals surface area contributed by atoms with E-state index < -0.39 is 0 Å². The van der Waals surface area contributed by atoms with Crippen LogP contribution in [0.4, 0.5) is 0 Å². The van der Waals surface area contributed by atoms with Crippen molar-refractivity contribution in [2.75, 3.05) is 0 Å². The minimum absolute atomic E-state index is 0.950. The van der Waals surface area contributed by atoms with Gasteiger partial charge in [-0.15, -0.1) is 11.3 Å². The zero-order chi connectivity index (χ0) is 15.0. The molecule has 0 radical (unpaired) electrons. The van der Waals surface area contributed by atoms with Crippen molar-refractivity contribution in [3.63, 3.8) is 0 Å². The van der Waals surface area contributed by atoms with E-state index >= 15 is 0 Å². The first-order valence-electron chi connectivity index (χ1n) is 6.74. The molecule has 0 N–H and O–H groups in total. The number of hydrogen-bond acceptors (Lipinski definition) is 2. The fraction of sp³-hybridized carbons (Fsp3) is 0.167. The molecule has 0 unspecified atom stereocenters. The van der Waals surface area contributed by atoms with Gasteiger partial charge in [0.1, 0.15) is 5.01 Å². The first kappa shape index (κ1) is 16.1. The van der Waals surface area contributed by atoms with Crippen LogP contribution in [0.5, 0.6) is 0 Å². The molecule has 0 aliphatic heterocycles. The smallest absolute Gasteiger partial charge is 0.124 e. The van der Waals surface area contributed by atoms with Crippen LogP contribution in [-0.4, -0.2) is 4.98 Å². The van der Waals surface area contributed by atoms with E-state index in [-0.39, 0.29) is 0 Å². The highest BCUT2D eigenvalue weighted by atomic mass is 32.1. The maximum atomic E-state index is 4.64. The largest absolute Gasteiger partial charge is 0.236 e. The fourth-order valence-electron chi connectivity index (χ4n) is 1.70. The molecule has 2 aromatic rings. The first-order chi connectivity index (χ1) is 9.74. The third-order valence-electron chi connectivity index (χ3n) is 2.49. The van der Waals surface area contributed by atoms with Gasteiger partial charge in [-0.3, -0.25) is 0 Å². The number of rotatable bonds is 3. The molecule has 1 aromatic heterocycles. The molecule has 0 bridgehead atoms. The van der Waals surface area contributed by atoms with Gasteiger partial charge in [0.15, 0.2) is 0 Å². The number of thiazole rings is 1. The van der Waals surface area contributed by atoms with Gasteiger partial charge in [-0.1, -0.05) is 62.9 Å². The normalized spacial score (nSPS) is 11.8. The van der Waals surface area contributed by atoms with E-state index in [0.717, 1.165) is 20.5 Å². The summed E-state index contributed by atoms with van der Waals surface area (Å²) in [4.78, 5) is 4.64. The second-order valence-corrected chi connectivity index (χ2v) is 4.97. The molecule has 0 amide bonds. The summed E-state index contributed by atoms with van der Waals surface area (Å²) < 4.78 is 1.11. The zero-order valence-corrected chi connectivity index (χ0v) is 13.2. The molecule has 0 fully saturated rings. The van der Waals surface area contributed by atoms with E-state index in [1.807, 2.05) is 26.0 Å². The van der Waals surface area contributed by atoms with Crippen molar-refractivity contribution in [1.29, 1.82) is 0 Å². The summed E-state index contributed by atoms with van der Waals surface area (Å²) in [5, 5.41) is 1.98. The Morgan fingerprint density at radius 3 is 2.40 bits per heavy atom. The number of aromatic nitrogens is 1. The Hall–Kier alpha value is -1.93. The van der Waals surface area contributed by atoms with E-state index in [4.69, 9.17) is 0 Å². The number of hydrogen-bond donors (Lipinski definition) is 0. The van der Waals surface area contributed by atoms with Gasteiger partial charge in [-0.25, -0.2) is 4.98 Å². The summed E-state index contributed by atoms with van der Waals surface area (Å²) in [5.74, 6) is 0. The quantitative estimate of drug-likeness (QED) is 0.827. The molecule has 1 heterocycles. The second-order valence-electron chi connectivity index (χ2n) is 3.94. The summed E-state index contributed by atoms with van der Waals surface area (Å²) in [6, 6.07) is 8.37. The first-order valence-corrected chi connectivity index (χ1v) is 7.55. The third-order valence-corrected chi connectivity index (χ3v) is 3.58. The van der Waals surface area contributed by atoms with E-state index in [0.29, 0.717) is 0 Å². The molecule has 0 atom stereocenters. The van der Waals surface area contributed by atoms with Crippen LogP contribution < -0.4 is 9.88 Å². The molecule has 2 heteroatoms. The van der Waals surface area contributed by atoms with Crippen LogP contribution in [0.15, 0.2) is 49.6 Å². The van der Waals surface area contributed by atoms with Gasteiger partial charge in [0.05, 0.1) is 9.88 Å². The number of nitrogens with zero attached hydrogens (tertiary/aromatic N) is 1. The highest BCUT2D eigenvalue weighted by molar-refractivity contribution is 7.13. The molecule has 20 heavy (non-hydrogen) atoms. The summed E-state index contributed by atoms with van der Waals surface area (Å²) in [6.07, 6.45) is 7.45. The summed E-state index contributed by atoms with van der Waals surface area (Å²) in [7, 11) is 0. The fourth-order valence-corrected chi connectivity index (χ4v) is 2.68. The molecule has 2 rings (SSSR count). The van der Waals surface area contributed by atoms with Crippen molar-refractivity contribution in [2.24, 2.45) is 0 Å². The standard InChI is InChI=1S/C16H15NS.C2H6/c1-4-7-14-15(8-5-2)18-16(17-14)13-10-6-9-12(3)11-13;1-2/h4-11H,1-2H2,3H3;1-2H3/b14-7+,15-8+;. The van der Waals surface area contributed by atoms with Crippen molar-refractivity contribution in [2.45, 2.75) is 20.8 Å². The summed E-state index contributed by atoms with van der Waals surface area (Å²) in [5.41, 5.74) is 2.40. The summed E-state index contributed by atoms with van der Waals surface area (Å²) in [6.45, 7) is 13.5. The van der Waals surface area contributed by atoms with Crippen molar-refractivity contribution < 1.29 is 0 Å². The van der Waals surface area contributed by atoms with Crippen molar-refractivity contribution in [1.82, 2.24) is 4.98 Å². The minimum atomic E-state index is 0.950. The molecule has 104 valence electrons. The number of allylic oxidation sites excluding steroid dienone is 2. The maximum absolute atomic E-state index is 4.64. The molecule has 1 aromatic carbocycles. The van der Waals surface area contributed by atoms with Gasteiger partial charge >= 0.3 is 0 Å². The Morgan fingerprint density at radius 2 is 1.80 bits per heavy atom. The van der Waals surface area contributed by atoms with Gasteiger partial charge in [-0.2, -0.15) is 0 Å². The molecule has 1 nitrogen and oxygen atoms in total. The molecule has 0 saturated heterocycles. The molecule has 0 spiro atoms. The van der Waals surface area contributed by atoms with Gasteiger partial charge in [0.25, 0.3) is 0 Å². The van der Waals surface area contributed by atoms with E-state index in [9.17, 15) is 0 Å². The van der Waals surface area contributed by atoms with Crippen molar-refractivity contribution in [3.8, 4) is 10.6 Å². The lowest BCUT2D eigenvalue weighted by atomic mass is 10.1. The number of aryl methyl sites for hydroxylation is 1. The second kappa shape index (κ2) is 8.28. The Balaban J connectivity index is 0.000000956. The van der Waals surface area contributed by atoms with E-state index in [1.54, 1.807) is 23.5 Å². The highest BCUT2D eigenvalue weighted by Crippen LogP contribution is 2.19. The Bertz CT molecular complexity index is 655. The molecular formula is C18H21NS. The average molecular weight is 283 g/mol. The van der Waals surface area contributed by atoms with Crippen LogP contribution in [0.3, 0.4) is 0 Å². The van der Waals surface area contributed by atoms with Crippen LogP contribution in [0.1, 0.15) is 19.4 Å². The highest BCUT2D eigenvalue weighted by Gasteiger charge is 2.02. The van der Waals surface area contributed by atoms with Crippen LogP contribution in [0.2, 0.25) is 0 Å². The lowest BCUT2D eigenvalue weighted by Gasteiger charge is -1.96. The zero-order valence-electron chi connectivity index (χ0n) is 12.4. The molecule has 0 saturated carbocycles. The van der Waals surface area contributed by atoms with Gasteiger partial charge in [-0.05, 0) is 25.1 Å². The predicted octanol–water partition coefficient (Wildman–Crippen LogP) is 4.08. The topological polar surface area (TPSA) is 12.9 Å². The SMILES string of the molecule is C=C/C=c1/nc(-c2cccc(C)c2)s/c1=C/C=C.CC. The van der Waals surface area contributed by atoms with E-state index in [1.165, 1.54) is 5.56 Å². The van der Waals surface area contributed by atoms with Crippen LogP contribution in [0, 0.1) is 6.92 Å².